The number of hydrogen-bond acceptors (Lipinski definition) is 3. The zero-order valence-corrected chi connectivity index (χ0v) is 12.8. The van der Waals surface area contributed by atoms with Crippen molar-refractivity contribution >= 4 is 17.4 Å². The van der Waals surface area contributed by atoms with Crippen LogP contribution in [0.3, 0.4) is 0 Å². The van der Waals surface area contributed by atoms with Crippen molar-refractivity contribution in [1.29, 1.82) is 5.26 Å². The first-order chi connectivity index (χ1) is 10.2. The Labute approximate surface area is 130 Å². The van der Waals surface area contributed by atoms with Crippen molar-refractivity contribution in [2.24, 2.45) is 5.92 Å². The van der Waals surface area contributed by atoms with E-state index in [-0.39, 0.29) is 5.92 Å². The minimum absolute atomic E-state index is 0.227. The van der Waals surface area contributed by atoms with E-state index >= 15 is 0 Å². The van der Waals surface area contributed by atoms with Crippen LogP contribution in [0.15, 0.2) is 18.2 Å². The summed E-state index contributed by atoms with van der Waals surface area (Å²) in [7, 11) is 0. The molecule has 1 aromatic rings. The predicted octanol–water partition coefficient (Wildman–Crippen LogP) is 3.55. The molecule has 2 fully saturated rings. The number of Topliss-reactive ketones (excluding diaryl/α,β-unsaturated/α-hetero) is 1. The van der Waals surface area contributed by atoms with Gasteiger partial charge in [-0.15, -0.1) is 0 Å². The van der Waals surface area contributed by atoms with Crippen molar-refractivity contribution in [2.75, 3.05) is 6.54 Å². The van der Waals surface area contributed by atoms with Gasteiger partial charge in [0.25, 0.3) is 0 Å². The maximum absolute atomic E-state index is 12.0. The predicted molar refractivity (Wildman–Crippen MR) is 81.9 cm³/mol. The molecule has 21 heavy (non-hydrogen) atoms. The fraction of sp³-hybridized carbons (Fsp3) is 0.529. The average molecular weight is 303 g/mol. The van der Waals surface area contributed by atoms with E-state index in [4.69, 9.17) is 16.9 Å². The zero-order valence-electron chi connectivity index (χ0n) is 12.0. The van der Waals surface area contributed by atoms with Gasteiger partial charge in [0.2, 0.25) is 0 Å². The van der Waals surface area contributed by atoms with E-state index in [0.29, 0.717) is 22.4 Å². The standard InChI is InChI=1S/C17H19ClN2O/c18-15-9-12(10-19)6-7-13(15)11-20-8-2-4-16(20)14-3-1-5-17(14)21/h6-7,9,14,16H,1-5,8,11H2. The molecule has 4 heteroatoms. The third kappa shape index (κ3) is 2.97. The van der Waals surface area contributed by atoms with Gasteiger partial charge in [-0.3, -0.25) is 9.69 Å². The number of nitriles is 1. The van der Waals surface area contributed by atoms with Crippen LogP contribution in [-0.2, 0) is 11.3 Å². The average Bonchev–Trinajstić information content (AvgIpc) is 3.09. The Morgan fingerprint density at radius 2 is 2.19 bits per heavy atom. The molecule has 1 saturated heterocycles. The summed E-state index contributed by atoms with van der Waals surface area (Å²) in [6.07, 6.45) is 5.12. The molecule has 2 unspecified atom stereocenters. The lowest BCUT2D eigenvalue weighted by Crippen LogP contribution is -2.37. The molecule has 0 spiro atoms. The minimum Gasteiger partial charge on any atom is -0.299 e. The minimum atomic E-state index is 0.227. The number of likely N-dealkylation sites (tertiary alicyclic amines) is 1. The monoisotopic (exact) mass is 302 g/mol. The van der Waals surface area contributed by atoms with Crippen molar-refractivity contribution in [3.05, 3.63) is 34.3 Å². The summed E-state index contributed by atoms with van der Waals surface area (Å²) in [6.45, 7) is 1.81. The Hall–Kier alpha value is -1.37. The van der Waals surface area contributed by atoms with Gasteiger partial charge in [0.05, 0.1) is 11.6 Å². The highest BCUT2D eigenvalue weighted by Gasteiger charge is 2.37. The lowest BCUT2D eigenvalue weighted by molar-refractivity contribution is -0.122. The molecule has 1 aromatic carbocycles. The Morgan fingerprint density at radius 1 is 1.33 bits per heavy atom. The van der Waals surface area contributed by atoms with Gasteiger partial charge in [0.1, 0.15) is 5.78 Å². The van der Waals surface area contributed by atoms with Crippen LogP contribution in [0.1, 0.15) is 43.2 Å². The topological polar surface area (TPSA) is 44.1 Å². The van der Waals surface area contributed by atoms with Crippen LogP contribution in [0.4, 0.5) is 0 Å². The maximum atomic E-state index is 12.0. The van der Waals surface area contributed by atoms with Crippen molar-refractivity contribution in [2.45, 2.75) is 44.7 Å². The number of hydrogen-bond donors (Lipinski definition) is 0. The van der Waals surface area contributed by atoms with Crippen molar-refractivity contribution in [1.82, 2.24) is 4.90 Å². The Kier molecular flexibility index (Phi) is 4.28. The lowest BCUT2D eigenvalue weighted by Gasteiger charge is -2.28. The summed E-state index contributed by atoms with van der Waals surface area (Å²) in [5.41, 5.74) is 1.64. The van der Waals surface area contributed by atoms with Gasteiger partial charge in [-0.05, 0) is 49.9 Å². The lowest BCUT2D eigenvalue weighted by atomic mass is 9.95. The number of nitrogens with zero attached hydrogens (tertiary/aromatic N) is 2. The number of benzene rings is 1. The molecule has 2 atom stereocenters. The van der Waals surface area contributed by atoms with Crippen LogP contribution in [0.2, 0.25) is 5.02 Å². The maximum Gasteiger partial charge on any atom is 0.137 e. The highest BCUT2D eigenvalue weighted by Crippen LogP contribution is 2.34. The summed E-state index contributed by atoms with van der Waals surface area (Å²) in [5, 5.41) is 9.55. The smallest absolute Gasteiger partial charge is 0.137 e. The van der Waals surface area contributed by atoms with Crippen LogP contribution in [0.5, 0.6) is 0 Å². The van der Waals surface area contributed by atoms with Gasteiger partial charge in [0, 0.05) is 29.9 Å². The van der Waals surface area contributed by atoms with Gasteiger partial charge in [-0.1, -0.05) is 17.7 Å². The van der Waals surface area contributed by atoms with E-state index in [0.717, 1.165) is 50.8 Å². The number of carbonyl (C=O) groups excluding carboxylic acids is 1. The molecule has 0 amide bonds. The van der Waals surface area contributed by atoms with Crippen LogP contribution < -0.4 is 0 Å². The molecule has 0 radical (unpaired) electrons. The van der Waals surface area contributed by atoms with Gasteiger partial charge < -0.3 is 0 Å². The molecule has 3 nitrogen and oxygen atoms in total. The van der Waals surface area contributed by atoms with Crippen LogP contribution in [0, 0.1) is 17.2 Å². The van der Waals surface area contributed by atoms with Gasteiger partial charge >= 0.3 is 0 Å². The first-order valence-corrected chi connectivity index (χ1v) is 8.02. The van der Waals surface area contributed by atoms with E-state index in [2.05, 4.69) is 11.0 Å². The fourth-order valence-corrected chi connectivity index (χ4v) is 3.96. The van der Waals surface area contributed by atoms with Gasteiger partial charge in [-0.25, -0.2) is 0 Å². The van der Waals surface area contributed by atoms with Crippen molar-refractivity contribution in [3.8, 4) is 6.07 Å². The van der Waals surface area contributed by atoms with E-state index in [9.17, 15) is 4.79 Å². The highest BCUT2D eigenvalue weighted by molar-refractivity contribution is 6.31. The molecule has 2 aliphatic rings. The van der Waals surface area contributed by atoms with Crippen molar-refractivity contribution < 1.29 is 4.79 Å². The second-order valence-corrected chi connectivity index (χ2v) is 6.47. The number of rotatable bonds is 3. The van der Waals surface area contributed by atoms with E-state index in [1.165, 1.54) is 0 Å². The van der Waals surface area contributed by atoms with E-state index in [1.54, 1.807) is 6.07 Å². The van der Waals surface area contributed by atoms with Crippen LogP contribution in [-0.4, -0.2) is 23.3 Å². The van der Waals surface area contributed by atoms with Crippen LogP contribution >= 0.6 is 11.6 Å². The quantitative estimate of drug-likeness (QED) is 0.857. The summed E-state index contributed by atoms with van der Waals surface area (Å²) >= 11 is 6.28. The largest absolute Gasteiger partial charge is 0.299 e. The van der Waals surface area contributed by atoms with Crippen LogP contribution in [0.25, 0.3) is 0 Å². The summed E-state index contributed by atoms with van der Waals surface area (Å²) < 4.78 is 0. The third-order valence-electron chi connectivity index (χ3n) is 4.79. The Bertz CT molecular complexity index is 593. The molecule has 1 saturated carbocycles. The molecule has 1 aliphatic heterocycles. The molecule has 0 bridgehead atoms. The molecule has 1 heterocycles. The van der Waals surface area contributed by atoms with Gasteiger partial charge in [-0.2, -0.15) is 5.26 Å². The molecule has 110 valence electrons. The second kappa shape index (κ2) is 6.17. The zero-order chi connectivity index (χ0) is 14.8. The molecular formula is C17H19ClN2O. The number of ketones is 1. The number of halogens is 1. The normalized spacial score (nSPS) is 26.2. The fourth-order valence-electron chi connectivity index (χ4n) is 3.72. The SMILES string of the molecule is N#Cc1ccc(CN2CCCC2C2CCCC2=O)c(Cl)c1. The number of carbonyl (C=O) groups is 1. The second-order valence-electron chi connectivity index (χ2n) is 6.06. The molecule has 0 N–H and O–H groups in total. The Morgan fingerprint density at radius 3 is 2.86 bits per heavy atom. The summed E-state index contributed by atoms with van der Waals surface area (Å²) in [4.78, 5) is 14.4. The van der Waals surface area contributed by atoms with E-state index in [1.807, 2.05) is 12.1 Å². The first kappa shape index (κ1) is 14.6. The molecule has 1 aliphatic carbocycles. The Balaban J connectivity index is 1.74. The van der Waals surface area contributed by atoms with Crippen molar-refractivity contribution in [3.63, 3.8) is 0 Å². The summed E-state index contributed by atoms with van der Waals surface area (Å²) in [5.74, 6) is 0.669. The highest BCUT2D eigenvalue weighted by atomic mass is 35.5. The van der Waals surface area contributed by atoms with Gasteiger partial charge in [0.15, 0.2) is 0 Å². The molecular weight excluding hydrogens is 284 g/mol. The molecule has 0 aromatic heterocycles. The first-order valence-electron chi connectivity index (χ1n) is 7.64. The summed E-state index contributed by atoms with van der Waals surface area (Å²) in [6, 6.07) is 7.96. The third-order valence-corrected chi connectivity index (χ3v) is 5.14. The molecule has 3 rings (SSSR count). The van der Waals surface area contributed by atoms with E-state index < -0.39 is 0 Å².